The molecule has 2 aromatic rings. The van der Waals surface area contributed by atoms with Crippen molar-refractivity contribution in [3.63, 3.8) is 0 Å². The van der Waals surface area contributed by atoms with Crippen molar-refractivity contribution in [3.05, 3.63) is 46.7 Å². The summed E-state index contributed by atoms with van der Waals surface area (Å²) in [6.45, 7) is 1.74. The molecule has 2 rings (SSSR count). The zero-order valence-electron chi connectivity index (χ0n) is 11.5. The van der Waals surface area contributed by atoms with E-state index in [1.165, 1.54) is 23.9 Å². The minimum atomic E-state index is -0.945. The third kappa shape index (κ3) is 2.80. The number of hydrogen-bond donors (Lipinski definition) is 1. The normalized spacial score (nSPS) is 12.5. The van der Waals surface area contributed by atoms with Gasteiger partial charge in [-0.25, -0.2) is 13.5 Å². The summed E-state index contributed by atoms with van der Waals surface area (Å²) in [6.07, 6.45) is -0.864. The molecule has 1 heterocycles. The van der Waals surface area contributed by atoms with Gasteiger partial charge in [-0.2, -0.15) is 5.10 Å². The number of aliphatic hydroxyl groups excluding tert-OH is 1. The molecule has 1 aromatic heterocycles. The fourth-order valence-corrected chi connectivity index (χ4v) is 2.33. The molecule has 0 saturated heterocycles. The molecule has 0 amide bonds. The van der Waals surface area contributed by atoms with E-state index in [0.717, 1.165) is 6.07 Å². The van der Waals surface area contributed by atoms with Crippen molar-refractivity contribution in [1.82, 2.24) is 9.78 Å². The monoisotopic (exact) mass is 282 g/mol. The molecule has 0 aliphatic carbocycles. The smallest absolute Gasteiger partial charge is 0.217 e. The van der Waals surface area contributed by atoms with E-state index in [9.17, 15) is 13.9 Å². The molecule has 4 nitrogen and oxygen atoms in total. The van der Waals surface area contributed by atoms with Crippen molar-refractivity contribution >= 4 is 0 Å². The lowest BCUT2D eigenvalue weighted by Gasteiger charge is -2.12. The Hall–Kier alpha value is -1.95. The van der Waals surface area contributed by atoms with Gasteiger partial charge >= 0.3 is 0 Å². The second kappa shape index (κ2) is 5.58. The highest BCUT2D eigenvalue weighted by Gasteiger charge is 2.22. The van der Waals surface area contributed by atoms with E-state index in [4.69, 9.17) is 4.74 Å². The lowest BCUT2D eigenvalue weighted by molar-refractivity contribution is 0.172. The number of aromatic nitrogens is 2. The van der Waals surface area contributed by atoms with Crippen LogP contribution in [-0.2, 0) is 13.5 Å². The van der Waals surface area contributed by atoms with E-state index in [1.807, 2.05) is 0 Å². The van der Waals surface area contributed by atoms with E-state index in [1.54, 1.807) is 14.0 Å². The van der Waals surface area contributed by atoms with Crippen LogP contribution >= 0.6 is 0 Å². The maximum atomic E-state index is 13.1. The Bertz CT molecular complexity index is 606. The number of aliphatic hydroxyl groups is 1. The number of nitrogens with zero attached hydrogens (tertiary/aromatic N) is 2. The second-order valence-electron chi connectivity index (χ2n) is 4.63. The molecule has 0 fully saturated rings. The maximum absolute atomic E-state index is 13.1. The van der Waals surface area contributed by atoms with E-state index >= 15 is 0 Å². The number of rotatable bonds is 4. The molecular weight excluding hydrogens is 266 g/mol. The molecule has 0 aliphatic rings. The second-order valence-corrected chi connectivity index (χ2v) is 4.63. The molecule has 1 aromatic carbocycles. The van der Waals surface area contributed by atoms with Crippen LogP contribution in [0.15, 0.2) is 18.2 Å². The lowest BCUT2D eigenvalue weighted by atomic mass is 10.0. The standard InChI is InChI=1S/C14H16F2N2O2/c1-8-13(14(20-3)18(2)17-8)12(19)6-9-4-10(15)7-11(16)5-9/h4-5,7,12,19H,6H2,1-3H3. The molecule has 1 N–H and O–H groups in total. The summed E-state index contributed by atoms with van der Waals surface area (Å²) in [4.78, 5) is 0. The van der Waals surface area contributed by atoms with Gasteiger partial charge in [-0.1, -0.05) is 0 Å². The molecule has 108 valence electrons. The molecule has 0 bridgehead atoms. The van der Waals surface area contributed by atoms with Crippen molar-refractivity contribution in [2.75, 3.05) is 7.11 Å². The summed E-state index contributed by atoms with van der Waals surface area (Å²) in [7, 11) is 3.18. The molecule has 0 aliphatic heterocycles. The highest BCUT2D eigenvalue weighted by Crippen LogP contribution is 2.30. The first-order chi connectivity index (χ1) is 9.42. The highest BCUT2D eigenvalue weighted by molar-refractivity contribution is 5.34. The van der Waals surface area contributed by atoms with Crippen LogP contribution in [0.5, 0.6) is 5.88 Å². The van der Waals surface area contributed by atoms with Gasteiger partial charge in [0.25, 0.3) is 0 Å². The van der Waals surface area contributed by atoms with Crippen LogP contribution in [0.4, 0.5) is 8.78 Å². The number of halogens is 2. The fraction of sp³-hybridized carbons (Fsp3) is 0.357. The number of methoxy groups -OCH3 is 1. The van der Waals surface area contributed by atoms with Gasteiger partial charge in [0.1, 0.15) is 11.6 Å². The molecule has 0 saturated carbocycles. The Labute approximate surface area is 115 Å². The molecule has 1 atom stereocenters. The third-order valence-corrected chi connectivity index (χ3v) is 3.09. The molecule has 1 unspecified atom stereocenters. The predicted octanol–water partition coefficient (Wildman–Crippen LogP) is 2.29. The predicted molar refractivity (Wildman–Crippen MR) is 69.5 cm³/mol. The van der Waals surface area contributed by atoms with Gasteiger partial charge in [0.2, 0.25) is 5.88 Å². The Morgan fingerprint density at radius 2 is 1.90 bits per heavy atom. The quantitative estimate of drug-likeness (QED) is 0.936. The summed E-state index contributed by atoms with van der Waals surface area (Å²) < 4.78 is 33.0. The maximum Gasteiger partial charge on any atom is 0.217 e. The molecule has 0 radical (unpaired) electrons. The van der Waals surface area contributed by atoms with Crippen molar-refractivity contribution in [2.45, 2.75) is 19.4 Å². The molecular formula is C14H16F2N2O2. The first kappa shape index (κ1) is 14.5. The SMILES string of the molecule is COc1c(C(O)Cc2cc(F)cc(F)c2)c(C)nn1C. The van der Waals surface area contributed by atoms with Crippen LogP contribution in [0.1, 0.15) is 22.9 Å². The van der Waals surface area contributed by atoms with Crippen molar-refractivity contribution in [1.29, 1.82) is 0 Å². The van der Waals surface area contributed by atoms with E-state index in [2.05, 4.69) is 5.10 Å². The fourth-order valence-electron chi connectivity index (χ4n) is 2.33. The summed E-state index contributed by atoms with van der Waals surface area (Å²) in [5.74, 6) is -0.893. The summed E-state index contributed by atoms with van der Waals surface area (Å²) in [5, 5.41) is 14.4. The Morgan fingerprint density at radius 3 is 2.45 bits per heavy atom. The van der Waals surface area contributed by atoms with E-state index in [0.29, 0.717) is 22.7 Å². The van der Waals surface area contributed by atoms with Gasteiger partial charge in [-0.05, 0) is 24.6 Å². The van der Waals surface area contributed by atoms with Gasteiger partial charge in [0.15, 0.2) is 0 Å². The molecule has 0 spiro atoms. The average Bonchev–Trinajstić information content (AvgIpc) is 2.61. The minimum Gasteiger partial charge on any atom is -0.481 e. The topological polar surface area (TPSA) is 47.3 Å². The first-order valence-corrected chi connectivity index (χ1v) is 6.13. The molecule has 6 heteroatoms. The van der Waals surface area contributed by atoms with Gasteiger partial charge in [-0.3, -0.25) is 0 Å². The Balaban J connectivity index is 2.30. The van der Waals surface area contributed by atoms with Gasteiger partial charge in [0.05, 0.1) is 24.5 Å². The van der Waals surface area contributed by atoms with Crippen LogP contribution in [0.25, 0.3) is 0 Å². The zero-order chi connectivity index (χ0) is 14.9. The lowest BCUT2D eigenvalue weighted by Crippen LogP contribution is -2.06. The number of ether oxygens (including phenoxy) is 1. The summed E-state index contributed by atoms with van der Waals surface area (Å²) >= 11 is 0. The van der Waals surface area contributed by atoms with Crippen LogP contribution in [0, 0.1) is 18.6 Å². The molecule has 20 heavy (non-hydrogen) atoms. The minimum absolute atomic E-state index is 0.0809. The van der Waals surface area contributed by atoms with E-state index in [-0.39, 0.29) is 6.42 Å². The third-order valence-electron chi connectivity index (χ3n) is 3.09. The number of aryl methyl sites for hydroxylation is 2. The Morgan fingerprint density at radius 1 is 1.30 bits per heavy atom. The number of hydrogen-bond acceptors (Lipinski definition) is 3. The van der Waals surface area contributed by atoms with Crippen molar-refractivity contribution in [3.8, 4) is 5.88 Å². The zero-order valence-corrected chi connectivity index (χ0v) is 11.5. The Kier molecular flexibility index (Phi) is 4.04. The summed E-state index contributed by atoms with van der Waals surface area (Å²) in [6, 6.07) is 3.20. The van der Waals surface area contributed by atoms with Gasteiger partial charge < -0.3 is 9.84 Å². The average molecular weight is 282 g/mol. The van der Waals surface area contributed by atoms with Crippen molar-refractivity contribution < 1.29 is 18.6 Å². The van der Waals surface area contributed by atoms with Crippen molar-refractivity contribution in [2.24, 2.45) is 7.05 Å². The number of benzene rings is 1. The van der Waals surface area contributed by atoms with E-state index < -0.39 is 17.7 Å². The van der Waals surface area contributed by atoms with Crippen LogP contribution in [0.3, 0.4) is 0 Å². The van der Waals surface area contributed by atoms with Crippen LogP contribution in [-0.4, -0.2) is 22.0 Å². The highest BCUT2D eigenvalue weighted by atomic mass is 19.1. The van der Waals surface area contributed by atoms with Crippen LogP contribution < -0.4 is 4.74 Å². The summed E-state index contributed by atoms with van der Waals surface area (Å²) in [5.41, 5.74) is 1.52. The van der Waals surface area contributed by atoms with Gasteiger partial charge in [-0.15, -0.1) is 0 Å². The first-order valence-electron chi connectivity index (χ1n) is 6.13. The van der Waals surface area contributed by atoms with Gasteiger partial charge in [0, 0.05) is 19.5 Å². The van der Waals surface area contributed by atoms with Crippen LogP contribution in [0.2, 0.25) is 0 Å². The largest absolute Gasteiger partial charge is 0.481 e.